The van der Waals surface area contributed by atoms with Crippen LogP contribution in [0.25, 0.3) is 0 Å². The van der Waals surface area contributed by atoms with Crippen LogP contribution < -0.4 is 4.90 Å². The standard InChI is InChI=1S/C20H13Cl2NO3/c21-13-6-5-9(7-14(13)22)23-19(25)17-12-8-15(24)16(18(17)20(23)26)11-4-2-1-3-10(11)12/h1-7,12,16-18H,8H2/t12-,16-,17+,18-/m0/s1. The molecule has 0 radical (unpaired) electrons. The van der Waals surface area contributed by atoms with E-state index in [1.165, 1.54) is 11.0 Å². The van der Waals surface area contributed by atoms with Crippen LogP contribution in [-0.2, 0) is 14.4 Å². The molecule has 4 atom stereocenters. The van der Waals surface area contributed by atoms with Gasteiger partial charge in [-0.3, -0.25) is 14.4 Å². The van der Waals surface area contributed by atoms with Crippen LogP contribution in [0.4, 0.5) is 5.69 Å². The van der Waals surface area contributed by atoms with Crippen molar-refractivity contribution in [2.45, 2.75) is 18.3 Å². The molecule has 0 N–H and O–H groups in total. The summed E-state index contributed by atoms with van der Waals surface area (Å²) in [6.07, 6.45) is 0.317. The van der Waals surface area contributed by atoms with E-state index in [1.54, 1.807) is 12.1 Å². The first-order chi connectivity index (χ1) is 12.5. The van der Waals surface area contributed by atoms with Gasteiger partial charge in [0.15, 0.2) is 0 Å². The van der Waals surface area contributed by atoms with E-state index in [2.05, 4.69) is 0 Å². The number of ketones is 1. The Bertz CT molecular complexity index is 1000. The average Bonchev–Trinajstić information content (AvgIpc) is 2.90. The number of imide groups is 1. The van der Waals surface area contributed by atoms with E-state index < -0.39 is 17.8 Å². The van der Waals surface area contributed by atoms with Crippen molar-refractivity contribution >= 4 is 46.5 Å². The first-order valence-corrected chi connectivity index (χ1v) is 9.19. The molecule has 6 heteroatoms. The maximum atomic E-state index is 13.2. The second-order valence-electron chi connectivity index (χ2n) is 7.05. The number of Topliss-reactive ketones (excluding diaryl/α,β-unsaturated/α-hetero) is 1. The number of rotatable bonds is 1. The van der Waals surface area contributed by atoms with E-state index in [0.29, 0.717) is 17.1 Å². The average molecular weight is 386 g/mol. The second kappa shape index (κ2) is 5.41. The zero-order valence-corrected chi connectivity index (χ0v) is 15.0. The van der Waals surface area contributed by atoms with Crippen molar-refractivity contribution in [3.05, 3.63) is 63.6 Å². The molecule has 0 spiro atoms. The molecule has 1 saturated carbocycles. The molecule has 26 heavy (non-hydrogen) atoms. The van der Waals surface area contributed by atoms with E-state index in [-0.39, 0.29) is 28.5 Å². The van der Waals surface area contributed by atoms with Crippen LogP contribution in [-0.4, -0.2) is 17.6 Å². The van der Waals surface area contributed by atoms with Crippen molar-refractivity contribution in [2.75, 3.05) is 4.90 Å². The zero-order valence-electron chi connectivity index (χ0n) is 13.5. The van der Waals surface area contributed by atoms with Crippen LogP contribution in [0.3, 0.4) is 0 Å². The van der Waals surface area contributed by atoms with E-state index in [0.717, 1.165) is 11.1 Å². The molecule has 2 aromatic carbocycles. The van der Waals surface area contributed by atoms with Gasteiger partial charge >= 0.3 is 0 Å². The molecule has 1 aliphatic heterocycles. The smallest absolute Gasteiger partial charge is 0.238 e. The van der Waals surface area contributed by atoms with Gasteiger partial charge in [-0.05, 0) is 29.3 Å². The summed E-state index contributed by atoms with van der Waals surface area (Å²) in [5.74, 6) is -2.42. The molecular formula is C20H13Cl2NO3. The Kier molecular flexibility index (Phi) is 3.34. The third kappa shape index (κ3) is 1.94. The Morgan fingerprint density at radius 3 is 2.27 bits per heavy atom. The minimum absolute atomic E-state index is 0.0482. The van der Waals surface area contributed by atoms with Crippen molar-refractivity contribution in [1.82, 2.24) is 0 Å². The van der Waals surface area contributed by atoms with E-state index in [9.17, 15) is 14.4 Å². The van der Waals surface area contributed by atoms with Crippen LogP contribution in [0, 0.1) is 11.8 Å². The highest BCUT2D eigenvalue weighted by Crippen LogP contribution is 2.57. The highest BCUT2D eigenvalue weighted by atomic mass is 35.5. The lowest BCUT2D eigenvalue weighted by Gasteiger charge is -2.43. The van der Waals surface area contributed by atoms with E-state index in [1.807, 2.05) is 24.3 Å². The zero-order chi connectivity index (χ0) is 18.2. The molecule has 3 aliphatic carbocycles. The monoisotopic (exact) mass is 385 g/mol. The van der Waals surface area contributed by atoms with Gasteiger partial charge in [0.1, 0.15) is 5.78 Å². The minimum atomic E-state index is -0.627. The molecule has 2 bridgehead atoms. The number of benzene rings is 2. The summed E-state index contributed by atoms with van der Waals surface area (Å²) < 4.78 is 0. The minimum Gasteiger partial charge on any atom is -0.299 e. The number of nitrogens with zero attached hydrogens (tertiary/aromatic N) is 1. The lowest BCUT2D eigenvalue weighted by atomic mass is 9.56. The predicted molar refractivity (Wildman–Crippen MR) is 97.5 cm³/mol. The first-order valence-electron chi connectivity index (χ1n) is 8.43. The van der Waals surface area contributed by atoms with Gasteiger partial charge < -0.3 is 0 Å². The Morgan fingerprint density at radius 1 is 0.846 bits per heavy atom. The number of fused-ring (bicyclic) bond motifs is 1. The fraction of sp³-hybridized carbons (Fsp3) is 0.250. The first kappa shape index (κ1) is 16.0. The van der Waals surface area contributed by atoms with E-state index in [4.69, 9.17) is 23.2 Å². The Labute approximate surface area is 159 Å². The van der Waals surface area contributed by atoms with Gasteiger partial charge in [-0.15, -0.1) is 0 Å². The SMILES string of the molecule is O=C1C[C@H]2c3ccccc3[C@@H]1[C@@H]1C(=O)N(c3ccc(Cl)c(Cl)c3)C(=O)[C@@H]12. The summed E-state index contributed by atoms with van der Waals surface area (Å²) in [4.78, 5) is 40.2. The Hall–Kier alpha value is -2.17. The van der Waals surface area contributed by atoms with Crippen molar-refractivity contribution in [2.24, 2.45) is 11.8 Å². The van der Waals surface area contributed by atoms with Crippen molar-refractivity contribution < 1.29 is 14.4 Å². The lowest BCUT2D eigenvalue weighted by Crippen LogP contribution is -2.44. The van der Waals surface area contributed by atoms with Gasteiger partial charge in [0.2, 0.25) is 11.8 Å². The van der Waals surface area contributed by atoms with Crippen molar-refractivity contribution in [3.8, 4) is 0 Å². The molecule has 2 aromatic rings. The number of anilines is 1. The molecule has 4 aliphatic rings. The fourth-order valence-corrected chi connectivity index (χ4v) is 5.13. The summed E-state index contributed by atoms with van der Waals surface area (Å²) in [5.41, 5.74) is 2.32. The summed E-state index contributed by atoms with van der Waals surface area (Å²) in [6, 6.07) is 12.4. The van der Waals surface area contributed by atoms with Gasteiger partial charge in [0, 0.05) is 12.3 Å². The number of carbonyl (C=O) groups is 3. The number of hydrogen-bond donors (Lipinski definition) is 0. The fourth-order valence-electron chi connectivity index (χ4n) is 4.84. The van der Waals surface area contributed by atoms with Crippen LogP contribution >= 0.6 is 23.2 Å². The number of carbonyl (C=O) groups excluding carboxylic acids is 3. The Balaban J connectivity index is 1.65. The quantitative estimate of drug-likeness (QED) is 0.698. The summed E-state index contributed by atoms with van der Waals surface area (Å²) >= 11 is 12.0. The van der Waals surface area contributed by atoms with Gasteiger partial charge in [-0.1, -0.05) is 47.5 Å². The maximum absolute atomic E-state index is 13.2. The summed E-state index contributed by atoms with van der Waals surface area (Å²) in [6.45, 7) is 0. The second-order valence-corrected chi connectivity index (χ2v) is 7.86. The molecule has 0 unspecified atom stereocenters. The molecule has 130 valence electrons. The molecule has 2 amide bonds. The lowest BCUT2D eigenvalue weighted by molar-refractivity contribution is -0.134. The van der Waals surface area contributed by atoms with Gasteiger partial charge in [0.05, 0.1) is 33.5 Å². The van der Waals surface area contributed by atoms with Gasteiger partial charge in [-0.2, -0.15) is 0 Å². The molecule has 0 aromatic heterocycles. The molecule has 1 heterocycles. The number of hydrogen-bond acceptors (Lipinski definition) is 3. The van der Waals surface area contributed by atoms with Gasteiger partial charge in [0.25, 0.3) is 0 Å². The molecule has 6 rings (SSSR count). The molecule has 4 nitrogen and oxygen atoms in total. The van der Waals surface area contributed by atoms with Crippen LogP contribution in [0.15, 0.2) is 42.5 Å². The third-order valence-corrected chi connectivity index (χ3v) is 6.59. The number of amides is 2. The van der Waals surface area contributed by atoms with Crippen LogP contribution in [0.2, 0.25) is 10.0 Å². The Morgan fingerprint density at radius 2 is 1.54 bits per heavy atom. The highest BCUT2D eigenvalue weighted by molar-refractivity contribution is 6.42. The van der Waals surface area contributed by atoms with Crippen LogP contribution in [0.1, 0.15) is 29.4 Å². The highest BCUT2D eigenvalue weighted by Gasteiger charge is 2.62. The molecule has 2 fully saturated rings. The normalized spacial score (nSPS) is 29.2. The van der Waals surface area contributed by atoms with Crippen molar-refractivity contribution in [3.63, 3.8) is 0 Å². The predicted octanol–water partition coefficient (Wildman–Crippen LogP) is 3.95. The number of halogens is 2. The summed E-state index contributed by atoms with van der Waals surface area (Å²) in [7, 11) is 0. The topological polar surface area (TPSA) is 54.5 Å². The maximum Gasteiger partial charge on any atom is 0.238 e. The van der Waals surface area contributed by atoms with Crippen molar-refractivity contribution in [1.29, 1.82) is 0 Å². The largest absolute Gasteiger partial charge is 0.299 e. The van der Waals surface area contributed by atoms with E-state index >= 15 is 0 Å². The summed E-state index contributed by atoms with van der Waals surface area (Å²) in [5, 5.41) is 0.636. The third-order valence-electron chi connectivity index (χ3n) is 5.85. The molecular weight excluding hydrogens is 373 g/mol. The molecule has 1 saturated heterocycles. The van der Waals surface area contributed by atoms with Gasteiger partial charge in [-0.25, -0.2) is 4.90 Å². The van der Waals surface area contributed by atoms with Crippen LogP contribution in [0.5, 0.6) is 0 Å².